The molecule has 7 heteroatoms. The summed E-state index contributed by atoms with van der Waals surface area (Å²) in [6, 6.07) is 10.7. The topological polar surface area (TPSA) is 83.6 Å². The molecule has 0 spiro atoms. The molecule has 26 heavy (non-hydrogen) atoms. The molecule has 136 valence electrons. The molecule has 2 N–H and O–H groups in total. The number of carbonyl (C=O) groups excluding carboxylic acids is 2. The Bertz CT molecular complexity index is 753. The molecule has 0 saturated carbocycles. The lowest BCUT2D eigenvalue weighted by molar-refractivity contribution is -0.114. The zero-order valence-electron chi connectivity index (χ0n) is 14.7. The first kappa shape index (κ1) is 17.9. The maximum absolute atomic E-state index is 12.2. The van der Waals surface area contributed by atoms with Gasteiger partial charge in [-0.2, -0.15) is 0 Å². The van der Waals surface area contributed by atoms with Crippen LogP contribution in [0.5, 0.6) is 0 Å². The van der Waals surface area contributed by atoms with E-state index in [2.05, 4.69) is 20.5 Å². The van der Waals surface area contributed by atoms with Crippen LogP contribution in [-0.4, -0.2) is 43.1 Å². The van der Waals surface area contributed by atoms with Crippen molar-refractivity contribution in [1.29, 1.82) is 0 Å². The van der Waals surface area contributed by atoms with Gasteiger partial charge in [-0.15, -0.1) is 0 Å². The molecule has 1 aromatic heterocycles. The number of pyridine rings is 1. The van der Waals surface area contributed by atoms with Gasteiger partial charge in [0.15, 0.2) is 0 Å². The molecule has 1 saturated heterocycles. The lowest BCUT2D eigenvalue weighted by Gasteiger charge is -2.27. The number of aromatic nitrogens is 1. The Labute approximate surface area is 152 Å². The quantitative estimate of drug-likeness (QED) is 0.856. The van der Waals surface area contributed by atoms with E-state index in [0.717, 1.165) is 37.7 Å². The minimum atomic E-state index is -0.170. The first-order chi connectivity index (χ1) is 12.6. The molecule has 2 heterocycles. The van der Waals surface area contributed by atoms with Crippen LogP contribution in [0.4, 0.5) is 11.5 Å². The Morgan fingerprint density at radius 2 is 1.85 bits per heavy atom. The van der Waals surface area contributed by atoms with Crippen molar-refractivity contribution in [2.24, 2.45) is 0 Å². The van der Waals surface area contributed by atoms with Crippen LogP contribution in [0.1, 0.15) is 22.8 Å². The molecule has 0 atom stereocenters. The minimum Gasteiger partial charge on any atom is -0.378 e. The van der Waals surface area contributed by atoms with E-state index in [0.29, 0.717) is 17.8 Å². The largest absolute Gasteiger partial charge is 0.378 e. The van der Waals surface area contributed by atoms with E-state index >= 15 is 0 Å². The van der Waals surface area contributed by atoms with Gasteiger partial charge in [-0.1, -0.05) is 6.07 Å². The lowest BCUT2D eigenvalue weighted by atomic mass is 10.2. The summed E-state index contributed by atoms with van der Waals surface area (Å²) in [7, 11) is 0. The fourth-order valence-electron chi connectivity index (χ4n) is 2.69. The number of amides is 2. The summed E-state index contributed by atoms with van der Waals surface area (Å²) in [5.74, 6) is 0.615. The predicted molar refractivity (Wildman–Crippen MR) is 99.2 cm³/mol. The predicted octanol–water partition coefficient (Wildman–Crippen LogP) is 1.81. The van der Waals surface area contributed by atoms with E-state index in [1.807, 2.05) is 12.1 Å². The van der Waals surface area contributed by atoms with Gasteiger partial charge in [-0.05, 0) is 35.9 Å². The molecule has 1 aromatic carbocycles. The molecule has 3 rings (SSSR count). The zero-order valence-corrected chi connectivity index (χ0v) is 14.7. The number of nitrogens with zero attached hydrogens (tertiary/aromatic N) is 2. The molecule has 1 aliphatic heterocycles. The second-order valence-electron chi connectivity index (χ2n) is 6.07. The third-order valence-corrected chi connectivity index (χ3v) is 4.06. The molecular weight excluding hydrogens is 332 g/mol. The minimum absolute atomic E-state index is 0.143. The van der Waals surface area contributed by atoms with Gasteiger partial charge in [0.2, 0.25) is 5.91 Å². The molecule has 0 unspecified atom stereocenters. The monoisotopic (exact) mass is 354 g/mol. The summed E-state index contributed by atoms with van der Waals surface area (Å²) < 4.78 is 5.34. The highest BCUT2D eigenvalue weighted by atomic mass is 16.5. The maximum atomic E-state index is 12.2. The van der Waals surface area contributed by atoms with Gasteiger partial charge in [0.05, 0.1) is 13.2 Å². The number of hydrogen-bond acceptors (Lipinski definition) is 5. The van der Waals surface area contributed by atoms with Crippen molar-refractivity contribution in [3.8, 4) is 0 Å². The van der Waals surface area contributed by atoms with Crippen LogP contribution in [-0.2, 0) is 16.1 Å². The summed E-state index contributed by atoms with van der Waals surface area (Å²) in [4.78, 5) is 29.9. The second kappa shape index (κ2) is 8.44. The summed E-state index contributed by atoms with van der Waals surface area (Å²) in [6.07, 6.45) is 1.78. The normalized spacial score (nSPS) is 14.0. The van der Waals surface area contributed by atoms with Gasteiger partial charge in [0.25, 0.3) is 5.91 Å². The van der Waals surface area contributed by atoms with Crippen molar-refractivity contribution in [2.45, 2.75) is 13.5 Å². The van der Waals surface area contributed by atoms with Gasteiger partial charge < -0.3 is 20.3 Å². The third-order valence-electron chi connectivity index (χ3n) is 4.06. The van der Waals surface area contributed by atoms with Crippen LogP contribution in [0.25, 0.3) is 0 Å². The Kier molecular flexibility index (Phi) is 5.80. The van der Waals surface area contributed by atoms with Crippen molar-refractivity contribution < 1.29 is 14.3 Å². The molecule has 2 aromatic rings. The maximum Gasteiger partial charge on any atom is 0.251 e. The van der Waals surface area contributed by atoms with Gasteiger partial charge in [-0.25, -0.2) is 4.98 Å². The van der Waals surface area contributed by atoms with E-state index in [9.17, 15) is 9.59 Å². The van der Waals surface area contributed by atoms with Crippen LogP contribution in [0.3, 0.4) is 0 Å². The average Bonchev–Trinajstić information content (AvgIpc) is 2.67. The van der Waals surface area contributed by atoms with Crippen molar-refractivity contribution in [1.82, 2.24) is 10.3 Å². The SMILES string of the molecule is CC(=O)Nc1ccc(C(=O)NCc2ccc(N3CCOCC3)nc2)cc1. The highest BCUT2D eigenvalue weighted by Crippen LogP contribution is 2.13. The van der Waals surface area contributed by atoms with Gasteiger partial charge in [-0.3, -0.25) is 9.59 Å². The molecule has 0 radical (unpaired) electrons. The number of morpholine rings is 1. The molecule has 1 aliphatic rings. The fraction of sp³-hybridized carbons (Fsp3) is 0.316. The van der Waals surface area contributed by atoms with Crippen molar-refractivity contribution in [2.75, 3.05) is 36.5 Å². The van der Waals surface area contributed by atoms with E-state index in [1.165, 1.54) is 6.92 Å². The second-order valence-corrected chi connectivity index (χ2v) is 6.07. The Morgan fingerprint density at radius 1 is 1.12 bits per heavy atom. The Morgan fingerprint density at radius 3 is 2.46 bits per heavy atom. The number of rotatable bonds is 5. The van der Waals surface area contributed by atoms with Gasteiger partial charge in [0.1, 0.15) is 5.82 Å². The Balaban J connectivity index is 1.53. The fourth-order valence-corrected chi connectivity index (χ4v) is 2.69. The Hall–Kier alpha value is -2.93. The highest BCUT2D eigenvalue weighted by Gasteiger charge is 2.12. The smallest absolute Gasteiger partial charge is 0.251 e. The molecule has 0 aliphatic carbocycles. The number of nitrogens with one attached hydrogen (secondary N) is 2. The standard InChI is InChI=1S/C19H22N4O3/c1-14(24)22-17-5-3-16(4-6-17)19(25)21-13-15-2-7-18(20-12-15)23-8-10-26-11-9-23/h2-7,12H,8-11,13H2,1H3,(H,21,25)(H,22,24). The molecule has 2 amide bonds. The van der Waals surface area contributed by atoms with Crippen molar-refractivity contribution in [3.63, 3.8) is 0 Å². The third kappa shape index (κ3) is 4.80. The molecule has 7 nitrogen and oxygen atoms in total. The first-order valence-corrected chi connectivity index (χ1v) is 8.55. The number of hydrogen-bond donors (Lipinski definition) is 2. The summed E-state index contributed by atoms with van der Waals surface area (Å²) in [5.41, 5.74) is 2.14. The van der Waals surface area contributed by atoms with Crippen molar-refractivity contribution in [3.05, 3.63) is 53.7 Å². The first-order valence-electron chi connectivity index (χ1n) is 8.55. The van der Waals surface area contributed by atoms with E-state index in [1.54, 1.807) is 30.5 Å². The van der Waals surface area contributed by atoms with Gasteiger partial charge in [0, 0.05) is 44.0 Å². The van der Waals surface area contributed by atoms with Crippen LogP contribution in [0.15, 0.2) is 42.6 Å². The number of benzene rings is 1. The number of carbonyl (C=O) groups is 2. The highest BCUT2D eigenvalue weighted by molar-refractivity contribution is 5.95. The van der Waals surface area contributed by atoms with Crippen LogP contribution >= 0.6 is 0 Å². The molecular formula is C19H22N4O3. The average molecular weight is 354 g/mol. The van der Waals surface area contributed by atoms with E-state index in [4.69, 9.17) is 4.74 Å². The van der Waals surface area contributed by atoms with E-state index in [-0.39, 0.29) is 11.8 Å². The molecule has 0 bridgehead atoms. The summed E-state index contributed by atoms with van der Waals surface area (Å²) in [6.45, 7) is 4.98. The zero-order chi connectivity index (χ0) is 18.4. The van der Waals surface area contributed by atoms with Crippen molar-refractivity contribution >= 4 is 23.3 Å². The van der Waals surface area contributed by atoms with Crippen LogP contribution < -0.4 is 15.5 Å². The van der Waals surface area contributed by atoms with E-state index < -0.39 is 0 Å². The number of ether oxygens (including phenoxy) is 1. The summed E-state index contributed by atoms with van der Waals surface area (Å²) in [5, 5.41) is 5.54. The van der Waals surface area contributed by atoms with Crippen LogP contribution in [0.2, 0.25) is 0 Å². The van der Waals surface area contributed by atoms with Crippen LogP contribution in [0, 0.1) is 0 Å². The van der Waals surface area contributed by atoms with Gasteiger partial charge >= 0.3 is 0 Å². The number of anilines is 2. The lowest BCUT2D eigenvalue weighted by Crippen LogP contribution is -2.36. The summed E-state index contributed by atoms with van der Waals surface area (Å²) >= 11 is 0. The molecule has 1 fully saturated rings.